The lowest BCUT2D eigenvalue weighted by molar-refractivity contribution is -0.192. The molecule has 0 aliphatic carbocycles. The number of piperazine rings is 1. The quantitative estimate of drug-likeness (QED) is 0.241. The highest BCUT2D eigenvalue weighted by Gasteiger charge is 2.38. The zero-order chi connectivity index (χ0) is 29.7. The molecule has 2 aromatic carbocycles. The Hall–Kier alpha value is -4.43. The minimum Gasteiger partial charge on any atom is -0.496 e. The van der Waals surface area contributed by atoms with Crippen LogP contribution >= 0.6 is 11.6 Å². The molecule has 5 rings (SSSR count). The number of nitrogens with zero attached hydrogens (tertiary/aromatic N) is 3. The molecule has 1 aliphatic heterocycles. The standard InChI is InChI=1S/C24H22ClFN6O2.C2HF3O2/c1-34-22-11-19(17(25)10-16(22)24(33)32-6-4-27-5-7-32)30-23-13-28-12-21(31-23)20-9-14-8-15(26)2-3-18(14)29-20;3-2(4,5)1(6)7/h2-3,8-13,27,29H,4-7H2,1H3,(H,30,31);(H,6,7). The average molecular weight is 595 g/mol. The molecule has 1 amide bonds. The Balaban J connectivity index is 0.000000493. The largest absolute Gasteiger partial charge is 0.496 e. The van der Waals surface area contributed by atoms with E-state index in [0.717, 1.165) is 24.0 Å². The lowest BCUT2D eigenvalue weighted by atomic mass is 10.1. The second-order valence-electron chi connectivity index (χ2n) is 8.71. The summed E-state index contributed by atoms with van der Waals surface area (Å²) in [5.74, 6) is -2.32. The van der Waals surface area contributed by atoms with Crippen molar-refractivity contribution in [2.24, 2.45) is 0 Å². The first kappa shape index (κ1) is 29.6. The number of halogens is 5. The van der Waals surface area contributed by atoms with Crippen molar-refractivity contribution in [3.05, 3.63) is 65.2 Å². The Morgan fingerprint density at radius 2 is 1.83 bits per heavy atom. The summed E-state index contributed by atoms with van der Waals surface area (Å²) in [4.78, 5) is 35.7. The van der Waals surface area contributed by atoms with Crippen LogP contribution in [0.15, 0.2) is 48.8 Å². The molecule has 0 saturated carbocycles. The number of H-pyrrole nitrogens is 1. The number of aliphatic carboxylic acids is 1. The van der Waals surface area contributed by atoms with Crippen molar-refractivity contribution in [1.29, 1.82) is 0 Å². The Morgan fingerprint density at radius 1 is 1.12 bits per heavy atom. The van der Waals surface area contributed by atoms with Crippen molar-refractivity contribution in [1.82, 2.24) is 25.2 Å². The summed E-state index contributed by atoms with van der Waals surface area (Å²) in [5.41, 5.74) is 3.02. The van der Waals surface area contributed by atoms with E-state index in [1.54, 1.807) is 35.5 Å². The zero-order valence-electron chi connectivity index (χ0n) is 21.4. The van der Waals surface area contributed by atoms with Gasteiger partial charge < -0.3 is 30.4 Å². The summed E-state index contributed by atoms with van der Waals surface area (Å²) in [5, 5.41) is 14.6. The van der Waals surface area contributed by atoms with Crippen molar-refractivity contribution in [3.8, 4) is 17.1 Å². The molecule has 3 heterocycles. The molecule has 0 radical (unpaired) electrons. The molecule has 216 valence electrons. The van der Waals surface area contributed by atoms with Crippen molar-refractivity contribution in [3.63, 3.8) is 0 Å². The van der Waals surface area contributed by atoms with Crippen LogP contribution in [0, 0.1) is 5.82 Å². The first-order chi connectivity index (χ1) is 19.5. The summed E-state index contributed by atoms with van der Waals surface area (Å²) in [7, 11) is 1.51. The number of fused-ring (bicyclic) bond motifs is 1. The molecular formula is C26H23ClF4N6O4. The van der Waals surface area contributed by atoms with Crippen molar-refractivity contribution in [2.75, 3.05) is 38.6 Å². The number of carbonyl (C=O) groups excluding carboxylic acids is 1. The molecule has 1 fully saturated rings. The number of aromatic nitrogens is 3. The molecule has 1 saturated heterocycles. The van der Waals surface area contributed by atoms with E-state index < -0.39 is 12.1 Å². The monoisotopic (exact) mass is 594 g/mol. The highest BCUT2D eigenvalue weighted by atomic mass is 35.5. The molecule has 2 aromatic heterocycles. The van der Waals surface area contributed by atoms with E-state index in [1.807, 2.05) is 6.07 Å². The third-order valence-electron chi connectivity index (χ3n) is 5.92. The fourth-order valence-corrected chi connectivity index (χ4v) is 4.17. The minimum atomic E-state index is -5.08. The Kier molecular flexibility index (Phi) is 8.93. The van der Waals surface area contributed by atoms with Gasteiger partial charge in [0.2, 0.25) is 0 Å². The molecule has 10 nitrogen and oxygen atoms in total. The molecule has 4 aromatic rings. The highest BCUT2D eigenvalue weighted by Crippen LogP contribution is 2.34. The highest BCUT2D eigenvalue weighted by molar-refractivity contribution is 6.34. The number of hydrogen-bond donors (Lipinski definition) is 4. The van der Waals surface area contributed by atoms with Gasteiger partial charge in [0, 0.05) is 43.1 Å². The van der Waals surface area contributed by atoms with Gasteiger partial charge in [-0.15, -0.1) is 0 Å². The van der Waals surface area contributed by atoms with E-state index >= 15 is 0 Å². The van der Waals surface area contributed by atoms with Gasteiger partial charge in [-0.1, -0.05) is 11.6 Å². The van der Waals surface area contributed by atoms with E-state index in [-0.39, 0.29) is 11.7 Å². The summed E-state index contributed by atoms with van der Waals surface area (Å²) in [6, 6.07) is 9.64. The summed E-state index contributed by atoms with van der Waals surface area (Å²) >= 11 is 6.53. The van der Waals surface area contributed by atoms with Crippen LogP contribution in [-0.4, -0.2) is 76.3 Å². The number of rotatable bonds is 5. The number of benzene rings is 2. The Bertz CT molecular complexity index is 1570. The normalized spacial score (nSPS) is 13.4. The maximum Gasteiger partial charge on any atom is 0.490 e. The average Bonchev–Trinajstić information content (AvgIpc) is 3.37. The number of ether oxygens (including phenoxy) is 1. The molecular weight excluding hydrogens is 572 g/mol. The van der Waals surface area contributed by atoms with Crippen LogP contribution in [0.1, 0.15) is 10.4 Å². The molecule has 4 N–H and O–H groups in total. The number of anilines is 2. The number of amides is 1. The molecule has 0 atom stereocenters. The number of carbonyl (C=O) groups is 2. The number of aromatic amines is 1. The molecule has 41 heavy (non-hydrogen) atoms. The van der Waals surface area contributed by atoms with Gasteiger partial charge in [0.1, 0.15) is 23.1 Å². The van der Waals surface area contributed by atoms with Gasteiger partial charge in [-0.25, -0.2) is 14.2 Å². The minimum absolute atomic E-state index is 0.121. The number of alkyl halides is 3. The zero-order valence-corrected chi connectivity index (χ0v) is 22.1. The number of carboxylic acid groups (broad SMARTS) is 1. The summed E-state index contributed by atoms with van der Waals surface area (Å²) < 4.78 is 50.8. The predicted molar refractivity (Wildman–Crippen MR) is 143 cm³/mol. The summed E-state index contributed by atoms with van der Waals surface area (Å²) in [6.07, 6.45) is -1.90. The first-order valence-electron chi connectivity index (χ1n) is 12.0. The van der Waals surface area contributed by atoms with E-state index in [2.05, 4.69) is 25.6 Å². The molecule has 1 aliphatic rings. The van der Waals surface area contributed by atoms with Gasteiger partial charge in [0.15, 0.2) is 0 Å². The summed E-state index contributed by atoms with van der Waals surface area (Å²) in [6.45, 7) is 2.76. The van der Waals surface area contributed by atoms with Crippen LogP contribution in [0.4, 0.5) is 29.1 Å². The second kappa shape index (κ2) is 12.4. The third kappa shape index (κ3) is 7.21. The molecule has 0 spiro atoms. The van der Waals surface area contributed by atoms with Crippen LogP contribution in [0.2, 0.25) is 5.02 Å². The third-order valence-corrected chi connectivity index (χ3v) is 6.24. The van der Waals surface area contributed by atoms with Gasteiger partial charge in [-0.2, -0.15) is 13.2 Å². The van der Waals surface area contributed by atoms with Gasteiger partial charge >= 0.3 is 12.1 Å². The van der Waals surface area contributed by atoms with E-state index in [0.29, 0.717) is 52.3 Å². The van der Waals surface area contributed by atoms with Crippen LogP contribution < -0.4 is 15.4 Å². The van der Waals surface area contributed by atoms with Crippen LogP contribution in [-0.2, 0) is 4.79 Å². The van der Waals surface area contributed by atoms with Gasteiger partial charge in [-0.05, 0) is 30.3 Å². The number of hydrogen-bond acceptors (Lipinski definition) is 7. The van der Waals surface area contributed by atoms with E-state index in [9.17, 15) is 22.4 Å². The first-order valence-corrected chi connectivity index (χ1v) is 12.4. The van der Waals surface area contributed by atoms with E-state index in [4.69, 9.17) is 26.2 Å². The van der Waals surface area contributed by atoms with Crippen LogP contribution in [0.5, 0.6) is 5.75 Å². The topological polar surface area (TPSA) is 132 Å². The SMILES string of the molecule is COc1cc(Nc2cncc(-c3cc4cc(F)ccc4[nH]3)n2)c(Cl)cc1C(=O)N1CCNCC1.O=C(O)C(F)(F)F. The van der Waals surface area contributed by atoms with E-state index in [1.165, 1.54) is 19.2 Å². The lowest BCUT2D eigenvalue weighted by Gasteiger charge is -2.28. The fourth-order valence-electron chi connectivity index (χ4n) is 3.96. The Morgan fingerprint density at radius 3 is 2.49 bits per heavy atom. The van der Waals surface area contributed by atoms with Gasteiger partial charge in [0.05, 0.1) is 41.5 Å². The predicted octanol–water partition coefficient (Wildman–Crippen LogP) is 4.85. The number of methoxy groups -OCH3 is 1. The number of nitrogens with one attached hydrogen (secondary N) is 3. The lowest BCUT2D eigenvalue weighted by Crippen LogP contribution is -2.46. The van der Waals surface area contributed by atoms with Crippen molar-refractivity contribution < 1.29 is 37.0 Å². The molecule has 0 unspecified atom stereocenters. The van der Waals surface area contributed by atoms with Gasteiger partial charge in [0.25, 0.3) is 5.91 Å². The molecule has 0 bridgehead atoms. The van der Waals surface area contributed by atoms with Crippen LogP contribution in [0.3, 0.4) is 0 Å². The Labute approximate surface area is 235 Å². The van der Waals surface area contributed by atoms with Gasteiger partial charge in [-0.3, -0.25) is 9.78 Å². The maximum atomic E-state index is 13.5. The van der Waals surface area contributed by atoms with Crippen molar-refractivity contribution in [2.45, 2.75) is 6.18 Å². The maximum absolute atomic E-state index is 13.5. The van der Waals surface area contributed by atoms with Crippen molar-refractivity contribution >= 4 is 45.9 Å². The second-order valence-corrected chi connectivity index (χ2v) is 9.11. The van der Waals surface area contributed by atoms with Crippen LogP contribution in [0.25, 0.3) is 22.3 Å². The smallest absolute Gasteiger partial charge is 0.490 e. The molecule has 15 heteroatoms. The number of carboxylic acids is 1. The fraction of sp³-hybridized carbons (Fsp3) is 0.231.